The zero-order valence-corrected chi connectivity index (χ0v) is 21.8. The molecule has 1 saturated heterocycles. The molecule has 3 aromatic carbocycles. The monoisotopic (exact) mass is 525 g/mol. The van der Waals surface area contributed by atoms with Crippen molar-refractivity contribution < 1.29 is 9.59 Å². The number of hydrogen-bond acceptors (Lipinski definition) is 3. The van der Waals surface area contributed by atoms with E-state index in [9.17, 15) is 9.59 Å². The number of benzene rings is 3. The van der Waals surface area contributed by atoms with Crippen molar-refractivity contribution in [1.29, 1.82) is 0 Å². The fourth-order valence-electron chi connectivity index (χ4n) is 5.28. The lowest BCUT2D eigenvalue weighted by Gasteiger charge is -2.19. The molecule has 0 saturated carbocycles. The summed E-state index contributed by atoms with van der Waals surface area (Å²) in [5.74, 6) is 0.458. The summed E-state index contributed by atoms with van der Waals surface area (Å²) in [6.07, 6.45) is 4.59. The fourth-order valence-corrected chi connectivity index (χ4v) is 5.44. The first-order valence-corrected chi connectivity index (χ1v) is 13.2. The first-order valence-electron chi connectivity index (χ1n) is 12.9. The number of likely N-dealkylation sites (tertiary alicyclic amines) is 1. The lowest BCUT2D eigenvalue weighted by Crippen LogP contribution is -2.31. The average Bonchev–Trinajstić information content (AvgIpc) is 3.68. The van der Waals surface area contributed by atoms with Crippen molar-refractivity contribution in [1.82, 2.24) is 25.2 Å². The van der Waals surface area contributed by atoms with E-state index in [2.05, 4.69) is 21.4 Å². The number of carbonyl (C=O) groups excluding carboxylic acids is 2. The van der Waals surface area contributed by atoms with Gasteiger partial charge < -0.3 is 20.2 Å². The Morgan fingerprint density at radius 2 is 1.87 bits per heavy atom. The molecule has 192 valence electrons. The molecule has 3 N–H and O–H groups in total. The van der Waals surface area contributed by atoms with Crippen LogP contribution in [0.2, 0.25) is 5.02 Å². The lowest BCUT2D eigenvalue weighted by atomic mass is 10.0. The highest BCUT2D eigenvalue weighted by Gasteiger charge is 2.24. The first-order chi connectivity index (χ1) is 18.5. The number of nitrogens with one attached hydrogen (secondary N) is 3. The van der Waals surface area contributed by atoms with Gasteiger partial charge in [0.15, 0.2) is 0 Å². The van der Waals surface area contributed by atoms with Crippen LogP contribution < -0.4 is 5.32 Å². The van der Waals surface area contributed by atoms with Gasteiger partial charge in [-0.2, -0.15) is 0 Å². The summed E-state index contributed by atoms with van der Waals surface area (Å²) in [6, 6.07) is 18.5. The molecule has 8 heteroatoms. The minimum absolute atomic E-state index is 0.0325. The lowest BCUT2D eigenvalue weighted by molar-refractivity contribution is 0.0791. The van der Waals surface area contributed by atoms with Crippen LogP contribution in [0, 0.1) is 6.92 Å². The number of imidazole rings is 1. The van der Waals surface area contributed by atoms with Gasteiger partial charge in [0, 0.05) is 52.8 Å². The van der Waals surface area contributed by atoms with Crippen LogP contribution in [0.4, 0.5) is 0 Å². The van der Waals surface area contributed by atoms with Gasteiger partial charge in [-0.05, 0) is 73.4 Å². The van der Waals surface area contributed by atoms with Gasteiger partial charge in [-0.25, -0.2) is 4.98 Å². The van der Waals surface area contributed by atoms with Gasteiger partial charge in [-0.1, -0.05) is 29.8 Å². The number of amides is 2. The number of fused-ring (bicyclic) bond motifs is 2. The van der Waals surface area contributed by atoms with E-state index in [1.54, 1.807) is 24.3 Å². The van der Waals surface area contributed by atoms with E-state index in [1.165, 1.54) is 0 Å². The molecule has 3 heterocycles. The average molecular weight is 526 g/mol. The molecule has 6 rings (SSSR count). The third kappa shape index (κ3) is 4.65. The molecule has 0 unspecified atom stereocenters. The molecule has 1 aliphatic heterocycles. The number of aromatic amines is 2. The first kappa shape index (κ1) is 24.2. The highest BCUT2D eigenvalue weighted by Crippen LogP contribution is 2.26. The second kappa shape index (κ2) is 9.99. The van der Waals surface area contributed by atoms with Crippen LogP contribution in [0.5, 0.6) is 0 Å². The fraction of sp³-hybridized carbons (Fsp3) is 0.233. The second-order valence-electron chi connectivity index (χ2n) is 9.90. The Hall–Kier alpha value is -4.10. The number of nitrogens with zero attached hydrogens (tertiary/aromatic N) is 2. The summed E-state index contributed by atoms with van der Waals surface area (Å²) in [4.78, 5) is 39.7. The van der Waals surface area contributed by atoms with E-state index < -0.39 is 6.04 Å². The number of H-pyrrole nitrogens is 2. The van der Waals surface area contributed by atoms with Crippen molar-refractivity contribution in [3.8, 4) is 0 Å². The summed E-state index contributed by atoms with van der Waals surface area (Å²) < 4.78 is 0. The molecule has 2 aromatic heterocycles. The molecular weight excluding hydrogens is 498 g/mol. The van der Waals surface area contributed by atoms with E-state index in [-0.39, 0.29) is 11.8 Å². The van der Waals surface area contributed by atoms with Crippen LogP contribution in [0.3, 0.4) is 0 Å². The third-order valence-corrected chi connectivity index (χ3v) is 7.55. The van der Waals surface area contributed by atoms with Crippen LogP contribution >= 0.6 is 11.6 Å². The minimum atomic E-state index is -0.418. The topological polar surface area (TPSA) is 93.9 Å². The maximum Gasteiger partial charge on any atom is 0.254 e. The molecule has 0 radical (unpaired) electrons. The van der Waals surface area contributed by atoms with Crippen molar-refractivity contribution in [3.63, 3.8) is 0 Å². The highest BCUT2D eigenvalue weighted by atomic mass is 35.5. The van der Waals surface area contributed by atoms with Gasteiger partial charge in [0.2, 0.25) is 0 Å². The standard InChI is InChI=1S/C30H28ClN5O2/c1-18-14-19(8-10-22(18)30(38)36-12-4-5-13-36)29(37)35-27(15-20-17-32-24-7-3-2-6-23(20)24)28-33-25-11-9-21(31)16-26(25)34-28/h2-3,6-11,14,16-17,27,32H,4-5,12-13,15H2,1H3,(H,33,34)(H,35,37)/t27-/m0/s1. The number of para-hydroxylation sites is 1. The van der Waals surface area contributed by atoms with Crippen molar-refractivity contribution in [3.05, 3.63) is 100.0 Å². The van der Waals surface area contributed by atoms with Crippen LogP contribution in [-0.2, 0) is 6.42 Å². The Morgan fingerprint density at radius 3 is 2.68 bits per heavy atom. The molecule has 1 atom stereocenters. The molecule has 5 aromatic rings. The number of rotatable bonds is 6. The van der Waals surface area contributed by atoms with Crippen molar-refractivity contribution in [2.75, 3.05) is 13.1 Å². The quantitative estimate of drug-likeness (QED) is 0.255. The zero-order chi connectivity index (χ0) is 26.2. The number of carbonyl (C=O) groups is 2. The van der Waals surface area contributed by atoms with Crippen LogP contribution in [-0.4, -0.2) is 44.8 Å². The Labute approximate surface area is 225 Å². The van der Waals surface area contributed by atoms with E-state index in [1.807, 2.05) is 48.4 Å². The molecule has 0 spiro atoms. The molecule has 38 heavy (non-hydrogen) atoms. The Balaban J connectivity index is 1.30. The Kier molecular flexibility index (Phi) is 6.37. The highest BCUT2D eigenvalue weighted by molar-refractivity contribution is 6.31. The SMILES string of the molecule is Cc1cc(C(=O)N[C@@H](Cc2c[nH]c3ccccc23)c2nc3cc(Cl)ccc3[nH]2)ccc1C(=O)N1CCCC1. The minimum Gasteiger partial charge on any atom is -0.361 e. The molecule has 0 bridgehead atoms. The van der Waals surface area contributed by atoms with Gasteiger partial charge in [0.25, 0.3) is 11.8 Å². The van der Waals surface area contributed by atoms with Crippen molar-refractivity contribution >= 4 is 45.4 Å². The van der Waals surface area contributed by atoms with E-state index in [4.69, 9.17) is 16.6 Å². The summed E-state index contributed by atoms with van der Waals surface area (Å²) in [6.45, 7) is 3.46. The second-order valence-corrected chi connectivity index (χ2v) is 10.3. The van der Waals surface area contributed by atoms with Gasteiger partial charge in [-0.15, -0.1) is 0 Å². The Bertz CT molecular complexity index is 1660. The smallest absolute Gasteiger partial charge is 0.254 e. The van der Waals surface area contributed by atoms with E-state index in [0.29, 0.717) is 28.4 Å². The van der Waals surface area contributed by atoms with Gasteiger partial charge in [0.05, 0.1) is 17.1 Å². The van der Waals surface area contributed by atoms with Gasteiger partial charge in [0.1, 0.15) is 5.82 Å². The van der Waals surface area contributed by atoms with Crippen LogP contribution in [0.1, 0.15) is 56.6 Å². The maximum absolute atomic E-state index is 13.5. The summed E-state index contributed by atoms with van der Waals surface area (Å²) in [7, 11) is 0. The molecule has 7 nitrogen and oxygen atoms in total. The predicted molar refractivity (Wildman–Crippen MR) is 150 cm³/mol. The third-order valence-electron chi connectivity index (χ3n) is 7.31. The van der Waals surface area contributed by atoms with Crippen LogP contribution in [0.25, 0.3) is 21.9 Å². The number of hydrogen-bond donors (Lipinski definition) is 3. The molecule has 1 aliphatic rings. The number of aromatic nitrogens is 3. The van der Waals surface area contributed by atoms with Gasteiger partial charge >= 0.3 is 0 Å². The normalized spacial score (nSPS) is 14.3. The van der Waals surface area contributed by atoms with Crippen LogP contribution in [0.15, 0.2) is 66.9 Å². The van der Waals surface area contributed by atoms with Crippen molar-refractivity contribution in [2.45, 2.75) is 32.2 Å². The molecule has 0 aliphatic carbocycles. The maximum atomic E-state index is 13.5. The molecule has 1 fully saturated rings. The molecule has 2 amide bonds. The predicted octanol–water partition coefficient (Wildman–Crippen LogP) is 5.96. The summed E-state index contributed by atoms with van der Waals surface area (Å²) in [5, 5.41) is 4.89. The zero-order valence-electron chi connectivity index (χ0n) is 21.1. The molecular formula is C30H28ClN5O2. The number of aryl methyl sites for hydroxylation is 1. The summed E-state index contributed by atoms with van der Waals surface area (Å²) >= 11 is 6.19. The summed E-state index contributed by atoms with van der Waals surface area (Å²) in [5.41, 5.74) is 5.65. The van der Waals surface area contributed by atoms with E-state index >= 15 is 0 Å². The largest absolute Gasteiger partial charge is 0.361 e. The van der Waals surface area contributed by atoms with Crippen molar-refractivity contribution in [2.24, 2.45) is 0 Å². The number of halogens is 1. The Morgan fingerprint density at radius 1 is 1.05 bits per heavy atom. The van der Waals surface area contributed by atoms with Gasteiger partial charge in [-0.3, -0.25) is 9.59 Å². The van der Waals surface area contributed by atoms with E-state index in [0.717, 1.165) is 59.0 Å².